The number of carboxylic acid groups (broad SMARTS) is 1. The molecule has 6 heteroatoms. The number of anilines is 1. The smallest absolute Gasteiger partial charge is 0.310 e. The van der Waals surface area contributed by atoms with Crippen LogP contribution in [0.1, 0.15) is 19.4 Å². The van der Waals surface area contributed by atoms with Gasteiger partial charge in [-0.3, -0.25) is 9.59 Å². The summed E-state index contributed by atoms with van der Waals surface area (Å²) in [5.41, 5.74) is 5.58. The van der Waals surface area contributed by atoms with E-state index in [0.29, 0.717) is 15.7 Å². The molecular formula is C11H15BrN2O3. The van der Waals surface area contributed by atoms with Crippen molar-refractivity contribution in [3.05, 3.63) is 26.6 Å². The van der Waals surface area contributed by atoms with Crippen molar-refractivity contribution in [2.45, 2.75) is 27.3 Å². The zero-order valence-electron chi connectivity index (χ0n) is 9.95. The van der Waals surface area contributed by atoms with E-state index >= 15 is 0 Å². The van der Waals surface area contributed by atoms with Gasteiger partial charge in [0.1, 0.15) is 0 Å². The van der Waals surface area contributed by atoms with Crippen LogP contribution in [0.3, 0.4) is 0 Å². The van der Waals surface area contributed by atoms with Crippen molar-refractivity contribution in [1.82, 2.24) is 4.57 Å². The van der Waals surface area contributed by atoms with Gasteiger partial charge in [0.15, 0.2) is 0 Å². The Kier molecular flexibility index (Phi) is 3.66. The zero-order valence-corrected chi connectivity index (χ0v) is 11.5. The molecule has 0 saturated heterocycles. The van der Waals surface area contributed by atoms with E-state index in [9.17, 15) is 9.59 Å². The molecule has 1 aromatic heterocycles. The van der Waals surface area contributed by atoms with Crippen LogP contribution in [0.2, 0.25) is 0 Å². The minimum absolute atomic E-state index is 0.0737. The average Bonchev–Trinajstić information content (AvgIpc) is 2.22. The van der Waals surface area contributed by atoms with Gasteiger partial charge in [-0.15, -0.1) is 0 Å². The maximum Gasteiger partial charge on any atom is 0.310 e. The molecule has 0 aliphatic carbocycles. The first-order valence-corrected chi connectivity index (χ1v) is 5.84. The Hall–Kier alpha value is -1.30. The Morgan fingerprint density at radius 1 is 1.59 bits per heavy atom. The number of aromatic nitrogens is 1. The Morgan fingerprint density at radius 3 is 2.59 bits per heavy atom. The van der Waals surface area contributed by atoms with Gasteiger partial charge in [-0.2, -0.15) is 0 Å². The predicted molar refractivity (Wildman–Crippen MR) is 69.0 cm³/mol. The molecule has 1 heterocycles. The Morgan fingerprint density at radius 2 is 2.12 bits per heavy atom. The molecule has 0 fully saturated rings. The summed E-state index contributed by atoms with van der Waals surface area (Å²) in [7, 11) is 0. The van der Waals surface area contributed by atoms with Crippen molar-refractivity contribution in [3.8, 4) is 0 Å². The predicted octanol–water partition coefficient (Wildman–Crippen LogP) is 1.61. The minimum Gasteiger partial charge on any atom is -0.481 e. The molecule has 0 atom stereocenters. The summed E-state index contributed by atoms with van der Waals surface area (Å²) in [6.07, 6.45) is 1.48. The minimum atomic E-state index is -1.02. The molecule has 0 aliphatic rings. The highest BCUT2D eigenvalue weighted by Gasteiger charge is 2.28. The van der Waals surface area contributed by atoms with Gasteiger partial charge in [0.05, 0.1) is 15.6 Å². The topological polar surface area (TPSA) is 85.3 Å². The molecule has 0 bridgehead atoms. The third kappa shape index (κ3) is 2.69. The second-order valence-electron chi connectivity index (χ2n) is 4.65. The Labute approximate surface area is 107 Å². The highest BCUT2D eigenvalue weighted by Crippen LogP contribution is 2.21. The number of aliphatic carboxylic acids is 1. The first kappa shape index (κ1) is 13.8. The lowest BCUT2D eigenvalue weighted by Crippen LogP contribution is -2.34. The molecule has 17 heavy (non-hydrogen) atoms. The molecule has 0 aromatic carbocycles. The Balaban J connectivity index is 3.27. The SMILES string of the molecule is Cc1c(N)cn(CC(C)(C)C(=O)O)c(=O)c1Br. The van der Waals surface area contributed by atoms with Crippen molar-refractivity contribution in [2.75, 3.05) is 5.73 Å². The zero-order chi connectivity index (χ0) is 13.4. The molecule has 0 amide bonds. The van der Waals surface area contributed by atoms with Crippen molar-refractivity contribution in [3.63, 3.8) is 0 Å². The molecule has 5 nitrogen and oxygen atoms in total. The van der Waals surface area contributed by atoms with Crippen LogP contribution >= 0.6 is 15.9 Å². The number of pyridine rings is 1. The lowest BCUT2D eigenvalue weighted by atomic mass is 9.93. The van der Waals surface area contributed by atoms with Gasteiger partial charge in [0.25, 0.3) is 5.56 Å². The van der Waals surface area contributed by atoms with Gasteiger partial charge in [-0.05, 0) is 42.3 Å². The van der Waals surface area contributed by atoms with E-state index in [1.165, 1.54) is 10.8 Å². The van der Waals surface area contributed by atoms with Crippen LogP contribution in [0, 0.1) is 12.3 Å². The summed E-state index contributed by atoms with van der Waals surface area (Å²) in [5, 5.41) is 9.03. The normalized spacial score (nSPS) is 11.5. The summed E-state index contributed by atoms with van der Waals surface area (Å²) in [4.78, 5) is 22.9. The van der Waals surface area contributed by atoms with Crippen molar-refractivity contribution < 1.29 is 9.90 Å². The molecule has 1 aromatic rings. The van der Waals surface area contributed by atoms with Crippen molar-refractivity contribution >= 4 is 27.6 Å². The number of carbonyl (C=O) groups is 1. The third-order valence-corrected chi connectivity index (χ3v) is 3.58. The van der Waals surface area contributed by atoms with Crippen LogP contribution in [0.15, 0.2) is 15.5 Å². The molecule has 94 valence electrons. The van der Waals surface area contributed by atoms with Gasteiger partial charge >= 0.3 is 5.97 Å². The summed E-state index contributed by atoms with van der Waals surface area (Å²) < 4.78 is 1.69. The van der Waals surface area contributed by atoms with E-state index in [1.54, 1.807) is 20.8 Å². The molecule has 3 N–H and O–H groups in total. The second-order valence-corrected chi connectivity index (χ2v) is 5.44. The van der Waals surface area contributed by atoms with Crippen LogP contribution < -0.4 is 11.3 Å². The number of hydrogen-bond donors (Lipinski definition) is 2. The highest BCUT2D eigenvalue weighted by atomic mass is 79.9. The van der Waals surface area contributed by atoms with Gasteiger partial charge in [-0.25, -0.2) is 0 Å². The van der Waals surface area contributed by atoms with E-state index in [0.717, 1.165) is 0 Å². The van der Waals surface area contributed by atoms with Gasteiger partial charge in [0.2, 0.25) is 0 Å². The first-order valence-electron chi connectivity index (χ1n) is 5.05. The van der Waals surface area contributed by atoms with Gasteiger partial charge in [0, 0.05) is 12.7 Å². The van der Waals surface area contributed by atoms with Gasteiger partial charge in [-0.1, -0.05) is 0 Å². The molecule has 0 aliphatic heterocycles. The van der Waals surface area contributed by atoms with Crippen LogP contribution in [0.4, 0.5) is 5.69 Å². The fourth-order valence-electron chi connectivity index (χ4n) is 1.35. The fourth-order valence-corrected chi connectivity index (χ4v) is 1.80. The number of rotatable bonds is 3. The molecule has 1 rings (SSSR count). The monoisotopic (exact) mass is 302 g/mol. The second kappa shape index (κ2) is 4.52. The van der Waals surface area contributed by atoms with E-state index < -0.39 is 11.4 Å². The highest BCUT2D eigenvalue weighted by molar-refractivity contribution is 9.10. The van der Waals surface area contributed by atoms with Crippen LogP contribution in [-0.4, -0.2) is 15.6 Å². The third-order valence-electron chi connectivity index (χ3n) is 2.65. The van der Waals surface area contributed by atoms with E-state index in [2.05, 4.69) is 15.9 Å². The van der Waals surface area contributed by atoms with E-state index in [4.69, 9.17) is 10.8 Å². The molecular weight excluding hydrogens is 288 g/mol. The largest absolute Gasteiger partial charge is 0.481 e. The van der Waals surface area contributed by atoms with Crippen LogP contribution in [-0.2, 0) is 11.3 Å². The van der Waals surface area contributed by atoms with Crippen molar-refractivity contribution in [1.29, 1.82) is 0 Å². The summed E-state index contributed by atoms with van der Waals surface area (Å²) in [6.45, 7) is 4.93. The maximum absolute atomic E-state index is 11.9. The molecule has 0 radical (unpaired) electrons. The first-order chi connectivity index (χ1) is 7.66. The number of nitrogens with two attached hydrogens (primary N) is 1. The lowest BCUT2D eigenvalue weighted by Gasteiger charge is -2.21. The quantitative estimate of drug-likeness (QED) is 0.888. The van der Waals surface area contributed by atoms with E-state index in [-0.39, 0.29) is 12.1 Å². The summed E-state index contributed by atoms with van der Waals surface area (Å²) in [5.74, 6) is -0.959. The maximum atomic E-state index is 11.9. The van der Waals surface area contributed by atoms with Crippen LogP contribution in [0.25, 0.3) is 0 Å². The standard InChI is InChI=1S/C11H15BrN2O3/c1-6-7(13)4-14(9(15)8(6)12)5-11(2,3)10(16)17/h4H,5,13H2,1-3H3,(H,16,17). The molecule has 0 saturated carbocycles. The fraction of sp³-hybridized carbons (Fsp3) is 0.455. The summed E-state index contributed by atoms with van der Waals surface area (Å²) in [6, 6.07) is 0. The number of nitrogens with zero attached hydrogens (tertiary/aromatic N) is 1. The number of carboxylic acids is 1. The summed E-state index contributed by atoms with van der Waals surface area (Å²) >= 11 is 3.16. The van der Waals surface area contributed by atoms with Gasteiger partial charge < -0.3 is 15.4 Å². The lowest BCUT2D eigenvalue weighted by molar-refractivity contribution is -0.147. The number of hydrogen-bond acceptors (Lipinski definition) is 3. The van der Waals surface area contributed by atoms with Crippen LogP contribution in [0.5, 0.6) is 0 Å². The molecule has 0 spiro atoms. The van der Waals surface area contributed by atoms with Crippen molar-refractivity contribution in [2.24, 2.45) is 5.41 Å². The number of nitrogen functional groups attached to an aromatic ring is 1. The number of halogens is 1. The molecule has 0 unspecified atom stereocenters. The van der Waals surface area contributed by atoms with E-state index in [1.807, 2.05) is 0 Å². The average molecular weight is 303 g/mol. The Bertz CT molecular complexity index is 520.